The molecule has 1 spiro atoms. The number of carbonyl (C=O) groups excluding carboxylic acids is 1. The third kappa shape index (κ3) is 4.67. The molecule has 2 aromatic rings. The first-order valence-electron chi connectivity index (χ1n) is 10.7. The van der Waals surface area contributed by atoms with Crippen LogP contribution in [-0.4, -0.2) is 44.1 Å². The van der Waals surface area contributed by atoms with Crippen LogP contribution in [0.2, 0.25) is 0 Å². The molecule has 1 amide bonds. The lowest BCUT2D eigenvalue weighted by Gasteiger charge is -2.30. The maximum Gasteiger partial charge on any atom is 0.225 e. The minimum Gasteiger partial charge on any atom is -0.337 e. The first-order chi connectivity index (χ1) is 14.6. The molecule has 0 radical (unpaired) electrons. The van der Waals surface area contributed by atoms with E-state index in [0.717, 1.165) is 29.5 Å². The lowest BCUT2D eigenvalue weighted by molar-refractivity contribution is -0.135. The van der Waals surface area contributed by atoms with E-state index in [1.807, 2.05) is 49.1 Å². The minimum absolute atomic E-state index is 0.0513. The van der Waals surface area contributed by atoms with Gasteiger partial charge in [0.15, 0.2) is 0 Å². The summed E-state index contributed by atoms with van der Waals surface area (Å²) >= 11 is 0. The SMILES string of the molecule is CC(C)C(=O)N1CC2(CC2)C(NS(C)(=O)=O)C1Cc1cccc(-c2cccc(F)c2)c1. The van der Waals surface area contributed by atoms with Crippen molar-refractivity contribution in [3.8, 4) is 11.1 Å². The summed E-state index contributed by atoms with van der Waals surface area (Å²) in [4.78, 5) is 14.9. The van der Waals surface area contributed by atoms with Gasteiger partial charge in [0.1, 0.15) is 5.82 Å². The van der Waals surface area contributed by atoms with E-state index in [9.17, 15) is 17.6 Å². The smallest absolute Gasteiger partial charge is 0.225 e. The van der Waals surface area contributed by atoms with Crippen LogP contribution in [0.4, 0.5) is 4.39 Å². The highest BCUT2D eigenvalue weighted by atomic mass is 32.2. The number of halogens is 1. The number of rotatable bonds is 6. The molecule has 4 rings (SSSR count). The third-order valence-corrected chi connectivity index (χ3v) is 7.15. The molecule has 2 aromatic carbocycles. The summed E-state index contributed by atoms with van der Waals surface area (Å²) in [5.41, 5.74) is 2.50. The molecule has 2 atom stereocenters. The lowest BCUT2D eigenvalue weighted by atomic mass is 9.91. The Morgan fingerprint density at radius 3 is 2.39 bits per heavy atom. The van der Waals surface area contributed by atoms with Crippen LogP contribution < -0.4 is 4.72 Å². The quantitative estimate of drug-likeness (QED) is 0.740. The third-order valence-electron chi connectivity index (χ3n) is 6.47. The monoisotopic (exact) mass is 444 g/mol. The van der Waals surface area contributed by atoms with Gasteiger partial charge in [-0.2, -0.15) is 0 Å². The Hall–Kier alpha value is -2.25. The van der Waals surface area contributed by atoms with E-state index in [1.165, 1.54) is 18.4 Å². The highest BCUT2D eigenvalue weighted by molar-refractivity contribution is 7.88. The Morgan fingerprint density at radius 1 is 1.16 bits per heavy atom. The molecule has 0 aromatic heterocycles. The molecule has 166 valence electrons. The van der Waals surface area contributed by atoms with E-state index in [0.29, 0.717) is 13.0 Å². The molecule has 2 aliphatic rings. The highest BCUT2D eigenvalue weighted by Crippen LogP contribution is 2.55. The highest BCUT2D eigenvalue weighted by Gasteiger charge is 2.61. The van der Waals surface area contributed by atoms with Gasteiger partial charge < -0.3 is 4.90 Å². The van der Waals surface area contributed by atoms with Crippen molar-refractivity contribution in [2.75, 3.05) is 12.8 Å². The predicted octanol–water partition coefficient (Wildman–Crippen LogP) is 3.60. The summed E-state index contributed by atoms with van der Waals surface area (Å²) in [6.07, 6.45) is 3.55. The van der Waals surface area contributed by atoms with Gasteiger partial charge in [0, 0.05) is 23.9 Å². The van der Waals surface area contributed by atoms with Crippen LogP contribution >= 0.6 is 0 Å². The van der Waals surface area contributed by atoms with Crippen LogP contribution in [0.3, 0.4) is 0 Å². The van der Waals surface area contributed by atoms with Crippen molar-refractivity contribution in [2.45, 2.75) is 45.2 Å². The summed E-state index contributed by atoms with van der Waals surface area (Å²) in [5.74, 6) is -0.398. The largest absolute Gasteiger partial charge is 0.337 e. The van der Waals surface area contributed by atoms with Crippen molar-refractivity contribution in [2.24, 2.45) is 11.3 Å². The molecule has 1 aliphatic carbocycles. The van der Waals surface area contributed by atoms with E-state index < -0.39 is 10.0 Å². The summed E-state index contributed by atoms with van der Waals surface area (Å²) in [7, 11) is -3.42. The molecule has 1 saturated carbocycles. The fraction of sp³-hybridized carbons (Fsp3) is 0.458. The van der Waals surface area contributed by atoms with Crippen LogP contribution in [0.25, 0.3) is 11.1 Å². The fourth-order valence-electron chi connectivity index (χ4n) is 4.80. The second-order valence-corrected chi connectivity index (χ2v) is 11.1. The molecule has 1 saturated heterocycles. The molecule has 7 heteroatoms. The fourth-order valence-corrected chi connectivity index (χ4v) is 5.66. The van der Waals surface area contributed by atoms with Gasteiger partial charge in [0.05, 0.1) is 12.3 Å². The van der Waals surface area contributed by atoms with Gasteiger partial charge in [-0.25, -0.2) is 17.5 Å². The molecule has 2 fully saturated rings. The summed E-state index contributed by atoms with van der Waals surface area (Å²) in [6.45, 7) is 4.34. The van der Waals surface area contributed by atoms with Gasteiger partial charge in [0.25, 0.3) is 0 Å². The second-order valence-electron chi connectivity index (χ2n) is 9.33. The molecule has 1 aliphatic heterocycles. The second kappa shape index (κ2) is 8.02. The van der Waals surface area contributed by atoms with Crippen LogP contribution in [0.1, 0.15) is 32.3 Å². The Labute approximate surface area is 183 Å². The number of likely N-dealkylation sites (tertiary alicyclic amines) is 1. The van der Waals surface area contributed by atoms with Crippen molar-refractivity contribution in [3.63, 3.8) is 0 Å². The molecule has 0 bridgehead atoms. The average Bonchev–Trinajstić information content (AvgIpc) is 3.43. The number of hydrogen-bond acceptors (Lipinski definition) is 3. The number of sulfonamides is 1. The molecule has 1 heterocycles. The van der Waals surface area contributed by atoms with Crippen LogP contribution in [-0.2, 0) is 21.2 Å². The number of carbonyl (C=O) groups is 1. The molecule has 1 N–H and O–H groups in total. The van der Waals surface area contributed by atoms with Gasteiger partial charge in [-0.1, -0.05) is 50.2 Å². The molecule has 5 nitrogen and oxygen atoms in total. The first kappa shape index (κ1) is 22.0. The topological polar surface area (TPSA) is 66.5 Å². The Balaban J connectivity index is 1.67. The van der Waals surface area contributed by atoms with Gasteiger partial charge >= 0.3 is 0 Å². The predicted molar refractivity (Wildman–Crippen MR) is 119 cm³/mol. The van der Waals surface area contributed by atoms with Crippen LogP contribution in [0, 0.1) is 17.2 Å². The number of amides is 1. The number of nitrogens with zero attached hydrogens (tertiary/aromatic N) is 1. The molecule has 31 heavy (non-hydrogen) atoms. The van der Waals surface area contributed by atoms with Gasteiger partial charge in [-0.05, 0) is 48.1 Å². The van der Waals surface area contributed by atoms with Gasteiger partial charge in [-0.3, -0.25) is 4.79 Å². The maximum absolute atomic E-state index is 13.7. The van der Waals surface area contributed by atoms with E-state index in [2.05, 4.69) is 4.72 Å². The Bertz CT molecular complexity index is 1100. The van der Waals surface area contributed by atoms with E-state index in [-0.39, 0.29) is 35.1 Å². The van der Waals surface area contributed by atoms with Crippen molar-refractivity contribution < 1.29 is 17.6 Å². The Morgan fingerprint density at radius 2 is 1.81 bits per heavy atom. The maximum atomic E-state index is 13.7. The zero-order valence-corrected chi connectivity index (χ0v) is 19.0. The zero-order valence-electron chi connectivity index (χ0n) is 18.1. The summed E-state index contributed by atoms with van der Waals surface area (Å²) in [5, 5.41) is 0. The van der Waals surface area contributed by atoms with E-state index in [1.54, 1.807) is 6.07 Å². The molecular weight excluding hydrogens is 415 g/mol. The standard InChI is InChI=1S/C24H29FN2O3S/c1-16(2)23(28)27-15-24(10-11-24)22(26-31(3,29)30)21(27)13-17-6-4-7-18(12-17)19-8-5-9-20(25)14-19/h4-9,12,14,16,21-22,26H,10-11,13,15H2,1-3H3. The number of hydrogen-bond donors (Lipinski definition) is 1. The van der Waals surface area contributed by atoms with Gasteiger partial charge in [-0.15, -0.1) is 0 Å². The van der Waals surface area contributed by atoms with E-state index >= 15 is 0 Å². The number of nitrogens with one attached hydrogen (secondary N) is 1. The lowest BCUT2D eigenvalue weighted by Crippen LogP contribution is -2.50. The average molecular weight is 445 g/mol. The van der Waals surface area contributed by atoms with Crippen molar-refractivity contribution in [1.29, 1.82) is 0 Å². The minimum atomic E-state index is -3.42. The zero-order chi connectivity index (χ0) is 22.4. The van der Waals surface area contributed by atoms with Crippen LogP contribution in [0.5, 0.6) is 0 Å². The normalized spacial score (nSPS) is 22.3. The molecular formula is C24H29FN2O3S. The molecule has 2 unspecified atom stereocenters. The van der Waals surface area contributed by atoms with Crippen molar-refractivity contribution in [1.82, 2.24) is 9.62 Å². The van der Waals surface area contributed by atoms with Crippen molar-refractivity contribution in [3.05, 3.63) is 59.9 Å². The van der Waals surface area contributed by atoms with Gasteiger partial charge in [0.2, 0.25) is 15.9 Å². The first-order valence-corrected chi connectivity index (χ1v) is 12.6. The van der Waals surface area contributed by atoms with E-state index in [4.69, 9.17) is 0 Å². The summed E-state index contributed by atoms with van der Waals surface area (Å²) in [6, 6.07) is 13.7. The van der Waals surface area contributed by atoms with Crippen molar-refractivity contribution >= 4 is 15.9 Å². The Kier molecular flexibility index (Phi) is 5.68. The number of benzene rings is 2. The van der Waals surface area contributed by atoms with Crippen LogP contribution in [0.15, 0.2) is 48.5 Å². The summed E-state index contributed by atoms with van der Waals surface area (Å²) < 4.78 is 40.8.